The van der Waals surface area contributed by atoms with Gasteiger partial charge in [-0.3, -0.25) is 4.79 Å². The van der Waals surface area contributed by atoms with E-state index >= 15 is 0 Å². The Morgan fingerprint density at radius 1 is 1.08 bits per heavy atom. The average molecular weight is 341 g/mol. The maximum atomic E-state index is 12.0. The summed E-state index contributed by atoms with van der Waals surface area (Å²) in [7, 11) is 0. The van der Waals surface area contributed by atoms with E-state index in [1.807, 2.05) is 50.2 Å². The van der Waals surface area contributed by atoms with Crippen molar-refractivity contribution >= 4 is 22.6 Å². The van der Waals surface area contributed by atoms with E-state index in [1.165, 1.54) is 0 Å². The van der Waals surface area contributed by atoms with Crippen LogP contribution in [-0.4, -0.2) is 43.1 Å². The van der Waals surface area contributed by atoms with E-state index in [4.69, 9.17) is 9.47 Å². The molecule has 0 fully saturated rings. The summed E-state index contributed by atoms with van der Waals surface area (Å²) in [6.45, 7) is 7.97. The van der Waals surface area contributed by atoms with Gasteiger partial charge in [-0.25, -0.2) is 4.79 Å². The molecule has 5 nitrogen and oxygen atoms in total. The van der Waals surface area contributed by atoms with Crippen LogP contribution in [-0.2, 0) is 14.3 Å². The summed E-state index contributed by atoms with van der Waals surface area (Å²) >= 11 is 0. The first-order valence-electron chi connectivity index (χ1n) is 8.19. The first-order valence-corrected chi connectivity index (χ1v) is 8.19. The van der Waals surface area contributed by atoms with Gasteiger partial charge < -0.3 is 14.4 Å². The van der Waals surface area contributed by atoms with Crippen LogP contribution >= 0.6 is 0 Å². The van der Waals surface area contributed by atoms with Crippen molar-refractivity contribution in [2.45, 2.75) is 13.8 Å². The quantitative estimate of drug-likeness (QED) is 0.547. The van der Waals surface area contributed by atoms with Crippen molar-refractivity contribution in [2.75, 3.05) is 26.3 Å². The van der Waals surface area contributed by atoms with E-state index < -0.39 is 5.97 Å². The number of hydrogen-bond donors (Lipinski definition) is 0. The second kappa shape index (κ2) is 8.87. The molecule has 2 rings (SSSR count). The molecule has 2 aromatic rings. The highest BCUT2D eigenvalue weighted by Gasteiger charge is 2.14. The average Bonchev–Trinajstić information content (AvgIpc) is 2.62. The summed E-state index contributed by atoms with van der Waals surface area (Å²) in [5.41, 5.74) is 0.876. The lowest BCUT2D eigenvalue weighted by atomic mass is 10.1. The molecule has 132 valence electrons. The Morgan fingerprint density at radius 3 is 2.48 bits per heavy atom. The summed E-state index contributed by atoms with van der Waals surface area (Å²) in [5, 5.41) is 2.13. The van der Waals surface area contributed by atoms with Crippen LogP contribution in [0.1, 0.15) is 13.8 Å². The number of nitrogens with zero attached hydrogens (tertiary/aromatic N) is 1. The van der Waals surface area contributed by atoms with E-state index in [9.17, 15) is 9.59 Å². The Hall–Kier alpha value is -2.82. The fraction of sp³-hybridized carbons (Fsp3) is 0.300. The SMILES string of the molecule is C=C(C)CN(CC)C(=O)COC(=O)COc1ccc2ccccc2c1. The summed E-state index contributed by atoms with van der Waals surface area (Å²) in [5.74, 6) is -0.239. The number of rotatable bonds is 8. The van der Waals surface area contributed by atoms with E-state index in [1.54, 1.807) is 11.0 Å². The molecule has 0 heterocycles. The number of amides is 1. The van der Waals surface area contributed by atoms with E-state index in [-0.39, 0.29) is 19.1 Å². The molecule has 0 unspecified atom stereocenters. The number of carbonyl (C=O) groups is 2. The third kappa shape index (κ3) is 5.64. The number of benzene rings is 2. The number of carbonyl (C=O) groups excluding carboxylic acids is 2. The van der Waals surface area contributed by atoms with Crippen molar-refractivity contribution < 1.29 is 19.1 Å². The van der Waals surface area contributed by atoms with Gasteiger partial charge >= 0.3 is 5.97 Å². The van der Waals surface area contributed by atoms with Gasteiger partial charge in [0, 0.05) is 13.1 Å². The molecule has 0 radical (unpaired) electrons. The molecule has 0 spiro atoms. The highest BCUT2D eigenvalue weighted by Crippen LogP contribution is 2.20. The van der Waals surface area contributed by atoms with Gasteiger partial charge in [0.1, 0.15) is 5.75 Å². The lowest BCUT2D eigenvalue weighted by molar-refractivity contribution is -0.153. The Kier molecular flexibility index (Phi) is 6.57. The molecule has 0 aliphatic heterocycles. The van der Waals surface area contributed by atoms with Crippen LogP contribution in [0.3, 0.4) is 0 Å². The maximum absolute atomic E-state index is 12.0. The lowest BCUT2D eigenvalue weighted by Gasteiger charge is -2.20. The Morgan fingerprint density at radius 2 is 1.80 bits per heavy atom. The molecule has 25 heavy (non-hydrogen) atoms. The van der Waals surface area contributed by atoms with Crippen molar-refractivity contribution in [3.05, 3.63) is 54.6 Å². The van der Waals surface area contributed by atoms with Crippen molar-refractivity contribution in [3.63, 3.8) is 0 Å². The number of esters is 1. The summed E-state index contributed by atoms with van der Waals surface area (Å²) in [6, 6.07) is 13.5. The minimum Gasteiger partial charge on any atom is -0.482 e. The molecule has 0 aromatic heterocycles. The molecule has 0 atom stereocenters. The Bertz CT molecular complexity index is 769. The van der Waals surface area contributed by atoms with Crippen LogP contribution in [0.2, 0.25) is 0 Å². The second-order valence-corrected chi connectivity index (χ2v) is 5.82. The maximum Gasteiger partial charge on any atom is 0.344 e. The van der Waals surface area contributed by atoms with Gasteiger partial charge in [-0.15, -0.1) is 0 Å². The minimum absolute atomic E-state index is 0.238. The fourth-order valence-corrected chi connectivity index (χ4v) is 2.38. The third-order valence-corrected chi connectivity index (χ3v) is 3.63. The highest BCUT2D eigenvalue weighted by atomic mass is 16.6. The largest absolute Gasteiger partial charge is 0.482 e. The van der Waals surface area contributed by atoms with Gasteiger partial charge in [0.05, 0.1) is 0 Å². The molecule has 0 aliphatic carbocycles. The van der Waals surface area contributed by atoms with Crippen molar-refractivity contribution in [1.82, 2.24) is 4.90 Å². The number of hydrogen-bond acceptors (Lipinski definition) is 4. The van der Waals surface area contributed by atoms with Gasteiger partial charge in [-0.1, -0.05) is 42.5 Å². The molecule has 0 saturated heterocycles. The van der Waals surface area contributed by atoms with E-state index in [2.05, 4.69) is 6.58 Å². The third-order valence-electron chi connectivity index (χ3n) is 3.63. The Balaban J connectivity index is 1.81. The minimum atomic E-state index is -0.576. The molecule has 2 aromatic carbocycles. The first kappa shape index (κ1) is 18.5. The van der Waals surface area contributed by atoms with Gasteiger partial charge in [0.2, 0.25) is 0 Å². The Labute approximate surface area is 147 Å². The second-order valence-electron chi connectivity index (χ2n) is 5.82. The summed E-state index contributed by atoms with van der Waals surface area (Å²) in [6.07, 6.45) is 0. The van der Waals surface area contributed by atoms with Gasteiger partial charge in [0.25, 0.3) is 5.91 Å². The van der Waals surface area contributed by atoms with Gasteiger partial charge in [-0.2, -0.15) is 0 Å². The zero-order chi connectivity index (χ0) is 18.2. The van der Waals surface area contributed by atoms with Gasteiger partial charge in [0.15, 0.2) is 13.2 Å². The number of ether oxygens (including phenoxy) is 2. The van der Waals surface area contributed by atoms with Crippen molar-refractivity contribution in [1.29, 1.82) is 0 Å². The van der Waals surface area contributed by atoms with Crippen molar-refractivity contribution in [2.24, 2.45) is 0 Å². The fourth-order valence-electron chi connectivity index (χ4n) is 2.38. The first-order chi connectivity index (χ1) is 12.0. The van der Waals surface area contributed by atoms with Crippen LogP contribution in [0.5, 0.6) is 5.75 Å². The summed E-state index contributed by atoms with van der Waals surface area (Å²) in [4.78, 5) is 25.4. The van der Waals surface area contributed by atoms with Crippen LogP contribution in [0, 0.1) is 0 Å². The van der Waals surface area contributed by atoms with Crippen molar-refractivity contribution in [3.8, 4) is 5.75 Å². The number of fused-ring (bicyclic) bond motifs is 1. The highest BCUT2D eigenvalue weighted by molar-refractivity contribution is 5.84. The topological polar surface area (TPSA) is 55.8 Å². The monoisotopic (exact) mass is 341 g/mol. The predicted octanol–water partition coefficient (Wildman–Crippen LogP) is 3.19. The van der Waals surface area contributed by atoms with E-state index in [0.29, 0.717) is 18.8 Å². The van der Waals surface area contributed by atoms with Crippen LogP contribution in [0.25, 0.3) is 10.8 Å². The molecule has 1 amide bonds. The number of likely N-dealkylation sites (N-methyl/N-ethyl adjacent to an activating group) is 1. The molecule has 0 aliphatic rings. The predicted molar refractivity (Wildman–Crippen MR) is 97.5 cm³/mol. The zero-order valence-electron chi connectivity index (χ0n) is 14.7. The molecule has 5 heteroatoms. The molecule has 0 N–H and O–H groups in total. The van der Waals surface area contributed by atoms with Gasteiger partial charge in [-0.05, 0) is 36.8 Å². The van der Waals surface area contributed by atoms with Crippen LogP contribution in [0.4, 0.5) is 0 Å². The molecular weight excluding hydrogens is 318 g/mol. The molecule has 0 saturated carbocycles. The zero-order valence-corrected chi connectivity index (χ0v) is 14.7. The van der Waals surface area contributed by atoms with Crippen LogP contribution < -0.4 is 4.74 Å². The van der Waals surface area contributed by atoms with E-state index in [0.717, 1.165) is 16.3 Å². The van der Waals surface area contributed by atoms with Crippen LogP contribution in [0.15, 0.2) is 54.6 Å². The standard InChI is InChI=1S/C20H23NO4/c1-4-21(12-15(2)3)19(22)13-25-20(23)14-24-18-10-9-16-7-5-6-8-17(16)11-18/h5-11H,2,4,12-14H2,1,3H3. The normalized spacial score (nSPS) is 10.3. The molecular formula is C20H23NO4. The smallest absolute Gasteiger partial charge is 0.344 e. The lowest BCUT2D eigenvalue weighted by Crippen LogP contribution is -2.36. The molecule has 0 bridgehead atoms. The summed E-state index contributed by atoms with van der Waals surface area (Å²) < 4.78 is 10.4.